The molecule has 3 heteroatoms. The summed E-state index contributed by atoms with van der Waals surface area (Å²) in [5, 5.41) is 0. The second-order valence-electron chi connectivity index (χ2n) is 4.61. The van der Waals surface area contributed by atoms with Crippen LogP contribution in [0, 0.1) is 6.92 Å². The van der Waals surface area contributed by atoms with Crippen LogP contribution >= 0.6 is 11.6 Å². The number of rotatable bonds is 4. The highest BCUT2D eigenvalue weighted by molar-refractivity contribution is 6.16. The molecule has 2 aromatic rings. The number of hydrogen-bond donors (Lipinski definition) is 0. The fourth-order valence-corrected chi connectivity index (χ4v) is 2.67. The molecule has 0 aliphatic heterocycles. The minimum atomic E-state index is 0.458. The minimum Gasteiger partial charge on any atom is -0.324 e. The largest absolute Gasteiger partial charge is 0.324 e. The highest BCUT2D eigenvalue weighted by Gasteiger charge is 2.15. The third-order valence-electron chi connectivity index (χ3n) is 3.25. The van der Waals surface area contributed by atoms with Crippen molar-refractivity contribution in [3.05, 3.63) is 29.6 Å². The summed E-state index contributed by atoms with van der Waals surface area (Å²) in [5.74, 6) is 1.46. The lowest BCUT2D eigenvalue weighted by atomic mass is 10.1. The molecular formula is C14H19ClN2. The summed E-state index contributed by atoms with van der Waals surface area (Å²) >= 11 is 6.02. The average Bonchev–Trinajstić information content (AvgIpc) is 2.69. The summed E-state index contributed by atoms with van der Waals surface area (Å²) in [6, 6.07) is 6.71. The van der Waals surface area contributed by atoms with Gasteiger partial charge in [0.2, 0.25) is 0 Å². The normalized spacial score (nSPS) is 13.2. The van der Waals surface area contributed by atoms with Crippen LogP contribution in [0.1, 0.15) is 44.1 Å². The van der Waals surface area contributed by atoms with Crippen molar-refractivity contribution in [1.82, 2.24) is 9.55 Å². The molecule has 0 amide bonds. The van der Waals surface area contributed by atoms with Crippen LogP contribution in [0.4, 0.5) is 0 Å². The first-order valence-electron chi connectivity index (χ1n) is 6.21. The summed E-state index contributed by atoms with van der Waals surface area (Å²) in [5.41, 5.74) is 3.57. The molecule has 1 aromatic heterocycles. The van der Waals surface area contributed by atoms with Crippen LogP contribution in [-0.2, 0) is 5.88 Å². The third-order valence-corrected chi connectivity index (χ3v) is 3.49. The highest BCUT2D eigenvalue weighted by atomic mass is 35.5. The van der Waals surface area contributed by atoms with E-state index >= 15 is 0 Å². The van der Waals surface area contributed by atoms with E-state index in [0.717, 1.165) is 17.8 Å². The number of halogens is 1. The fourth-order valence-electron chi connectivity index (χ4n) is 2.48. The molecule has 1 atom stereocenters. The van der Waals surface area contributed by atoms with Crippen molar-refractivity contribution in [2.45, 2.75) is 45.5 Å². The van der Waals surface area contributed by atoms with Crippen molar-refractivity contribution in [2.24, 2.45) is 0 Å². The second-order valence-corrected chi connectivity index (χ2v) is 4.88. The Morgan fingerprint density at radius 3 is 2.82 bits per heavy atom. The molecule has 2 nitrogen and oxygen atoms in total. The van der Waals surface area contributed by atoms with E-state index in [0.29, 0.717) is 11.9 Å². The second kappa shape index (κ2) is 5.09. The molecule has 2 rings (SSSR count). The van der Waals surface area contributed by atoms with Gasteiger partial charge in [0, 0.05) is 6.04 Å². The van der Waals surface area contributed by atoms with Crippen molar-refractivity contribution in [3.63, 3.8) is 0 Å². The standard InChI is InChI=1S/C14H19ClN2/c1-4-6-11(3)17-13(9-15)16-12-8-5-7-10(2)14(12)17/h5,7-8,11H,4,6,9H2,1-3H3. The van der Waals surface area contributed by atoms with Gasteiger partial charge in [-0.1, -0.05) is 25.5 Å². The van der Waals surface area contributed by atoms with Gasteiger partial charge >= 0.3 is 0 Å². The first kappa shape index (κ1) is 12.4. The zero-order valence-electron chi connectivity index (χ0n) is 10.7. The van der Waals surface area contributed by atoms with Gasteiger partial charge in [-0.2, -0.15) is 0 Å². The van der Waals surface area contributed by atoms with E-state index in [9.17, 15) is 0 Å². The molecular weight excluding hydrogens is 232 g/mol. The molecule has 0 fully saturated rings. The molecule has 1 unspecified atom stereocenters. The maximum absolute atomic E-state index is 6.02. The topological polar surface area (TPSA) is 17.8 Å². The minimum absolute atomic E-state index is 0.458. The van der Waals surface area contributed by atoms with Crippen molar-refractivity contribution in [1.29, 1.82) is 0 Å². The van der Waals surface area contributed by atoms with Gasteiger partial charge in [-0.25, -0.2) is 4.98 Å². The molecule has 0 aliphatic carbocycles. The van der Waals surface area contributed by atoms with E-state index in [1.807, 2.05) is 0 Å². The maximum Gasteiger partial charge on any atom is 0.125 e. The molecule has 0 bridgehead atoms. The maximum atomic E-state index is 6.02. The predicted molar refractivity (Wildman–Crippen MR) is 73.6 cm³/mol. The molecule has 0 saturated carbocycles. The van der Waals surface area contributed by atoms with Crippen LogP contribution in [-0.4, -0.2) is 9.55 Å². The number of aromatic nitrogens is 2. The number of hydrogen-bond acceptors (Lipinski definition) is 1. The number of benzene rings is 1. The molecule has 0 radical (unpaired) electrons. The molecule has 0 spiro atoms. The van der Waals surface area contributed by atoms with Crippen molar-refractivity contribution in [3.8, 4) is 0 Å². The van der Waals surface area contributed by atoms with Crippen LogP contribution in [0.15, 0.2) is 18.2 Å². The molecule has 0 aliphatic rings. The SMILES string of the molecule is CCCC(C)n1c(CCl)nc2cccc(C)c21. The van der Waals surface area contributed by atoms with E-state index in [2.05, 4.69) is 48.5 Å². The van der Waals surface area contributed by atoms with E-state index in [4.69, 9.17) is 11.6 Å². The smallest absolute Gasteiger partial charge is 0.125 e. The summed E-state index contributed by atoms with van der Waals surface area (Å²) in [4.78, 5) is 4.63. The zero-order valence-corrected chi connectivity index (χ0v) is 11.5. The lowest BCUT2D eigenvalue weighted by Crippen LogP contribution is -2.08. The first-order chi connectivity index (χ1) is 8.19. The van der Waals surface area contributed by atoms with Gasteiger partial charge in [0.05, 0.1) is 16.9 Å². The lowest BCUT2D eigenvalue weighted by molar-refractivity contribution is 0.500. The zero-order chi connectivity index (χ0) is 12.4. The molecule has 17 heavy (non-hydrogen) atoms. The molecule has 1 aromatic carbocycles. The average molecular weight is 251 g/mol. The number of alkyl halides is 1. The Labute approximate surface area is 108 Å². The van der Waals surface area contributed by atoms with Gasteiger partial charge in [-0.05, 0) is 31.9 Å². The summed E-state index contributed by atoms with van der Waals surface area (Å²) < 4.78 is 2.31. The van der Waals surface area contributed by atoms with Crippen LogP contribution in [0.2, 0.25) is 0 Å². The molecule has 0 N–H and O–H groups in total. The summed E-state index contributed by atoms with van der Waals surface area (Å²) in [6.07, 6.45) is 2.33. The number of aryl methyl sites for hydroxylation is 1. The molecule has 0 saturated heterocycles. The van der Waals surface area contributed by atoms with E-state index < -0.39 is 0 Å². The van der Waals surface area contributed by atoms with Gasteiger partial charge in [0.1, 0.15) is 5.82 Å². The Bertz CT molecular complexity index is 516. The third kappa shape index (κ3) is 2.19. The van der Waals surface area contributed by atoms with E-state index in [1.165, 1.54) is 17.5 Å². The summed E-state index contributed by atoms with van der Waals surface area (Å²) in [6.45, 7) is 6.59. The highest BCUT2D eigenvalue weighted by Crippen LogP contribution is 2.27. The first-order valence-corrected chi connectivity index (χ1v) is 6.74. The molecule has 1 heterocycles. The Balaban J connectivity index is 2.64. The van der Waals surface area contributed by atoms with Gasteiger partial charge in [-0.3, -0.25) is 0 Å². The Morgan fingerprint density at radius 2 is 2.18 bits per heavy atom. The lowest BCUT2D eigenvalue weighted by Gasteiger charge is -2.17. The van der Waals surface area contributed by atoms with Crippen LogP contribution in [0.25, 0.3) is 11.0 Å². The Morgan fingerprint density at radius 1 is 1.41 bits per heavy atom. The Hall–Kier alpha value is -1.02. The predicted octanol–water partition coefficient (Wildman–Crippen LogP) is 4.44. The number of para-hydroxylation sites is 1. The van der Waals surface area contributed by atoms with E-state index in [-0.39, 0.29) is 0 Å². The van der Waals surface area contributed by atoms with Crippen molar-refractivity contribution in [2.75, 3.05) is 0 Å². The fraction of sp³-hybridized carbons (Fsp3) is 0.500. The monoisotopic (exact) mass is 250 g/mol. The van der Waals surface area contributed by atoms with Gasteiger partial charge in [0.25, 0.3) is 0 Å². The summed E-state index contributed by atoms with van der Waals surface area (Å²) in [7, 11) is 0. The number of fused-ring (bicyclic) bond motifs is 1. The van der Waals surface area contributed by atoms with Crippen LogP contribution in [0.5, 0.6) is 0 Å². The Kier molecular flexibility index (Phi) is 3.72. The molecule has 92 valence electrons. The van der Waals surface area contributed by atoms with Gasteiger partial charge < -0.3 is 4.57 Å². The van der Waals surface area contributed by atoms with Crippen LogP contribution < -0.4 is 0 Å². The quantitative estimate of drug-likeness (QED) is 0.734. The van der Waals surface area contributed by atoms with Gasteiger partial charge in [0.15, 0.2) is 0 Å². The van der Waals surface area contributed by atoms with Crippen LogP contribution in [0.3, 0.4) is 0 Å². The number of imidazole rings is 1. The van der Waals surface area contributed by atoms with Crippen molar-refractivity contribution < 1.29 is 0 Å². The number of nitrogens with zero attached hydrogens (tertiary/aromatic N) is 2. The van der Waals surface area contributed by atoms with Gasteiger partial charge in [-0.15, -0.1) is 11.6 Å². The van der Waals surface area contributed by atoms with Crippen molar-refractivity contribution >= 4 is 22.6 Å². The van der Waals surface area contributed by atoms with E-state index in [1.54, 1.807) is 0 Å².